The number of hydrogen-bond acceptors (Lipinski definition) is 5. The average molecular weight is 385 g/mol. The molecule has 150 valence electrons. The number of hydrogen-bond donors (Lipinski definition) is 0. The second-order valence-corrected chi connectivity index (χ2v) is 7.94. The molecule has 0 spiro atoms. The summed E-state index contributed by atoms with van der Waals surface area (Å²) in [5, 5.41) is 4.09. The fourth-order valence-electron chi connectivity index (χ4n) is 3.27. The molecule has 1 aliphatic rings. The van der Waals surface area contributed by atoms with Gasteiger partial charge in [-0.1, -0.05) is 30.3 Å². The Kier molecular flexibility index (Phi) is 5.67. The molecule has 3 rings (SSSR count). The molecule has 1 saturated heterocycles. The number of nitrogens with zero attached hydrogens (tertiary/aromatic N) is 5. The minimum Gasteiger partial charge on any atom is -0.444 e. The molecule has 0 N–H and O–H groups in total. The lowest BCUT2D eigenvalue weighted by atomic mass is 10.0. The van der Waals surface area contributed by atoms with Crippen molar-refractivity contribution in [2.24, 2.45) is 0 Å². The molecule has 2 heterocycles. The number of amides is 2. The topological polar surface area (TPSA) is 80.6 Å². The summed E-state index contributed by atoms with van der Waals surface area (Å²) >= 11 is 0. The molecule has 28 heavy (non-hydrogen) atoms. The molecule has 8 heteroatoms. The summed E-state index contributed by atoms with van der Waals surface area (Å²) in [6, 6.07) is 9.04. The van der Waals surface area contributed by atoms with E-state index in [9.17, 15) is 9.59 Å². The van der Waals surface area contributed by atoms with Crippen LogP contribution >= 0.6 is 0 Å². The number of aromatic nitrogens is 3. The van der Waals surface area contributed by atoms with Crippen molar-refractivity contribution in [2.45, 2.75) is 45.4 Å². The molecule has 1 fully saturated rings. The summed E-state index contributed by atoms with van der Waals surface area (Å²) in [5.74, 6) is -0.0526. The zero-order chi connectivity index (χ0) is 20.3. The molecule has 8 nitrogen and oxygen atoms in total. The molecule has 0 bridgehead atoms. The predicted octanol–water partition coefficient (Wildman–Crippen LogP) is 2.66. The van der Waals surface area contributed by atoms with E-state index >= 15 is 0 Å². The molecule has 2 aromatic rings. The smallest absolute Gasteiger partial charge is 0.410 e. The Bertz CT molecular complexity index is 801. The van der Waals surface area contributed by atoms with Gasteiger partial charge in [0.15, 0.2) is 0 Å². The summed E-state index contributed by atoms with van der Waals surface area (Å²) in [4.78, 5) is 33.2. The van der Waals surface area contributed by atoms with Gasteiger partial charge in [0.1, 0.15) is 24.3 Å². The quantitative estimate of drug-likeness (QED) is 0.811. The Balaban J connectivity index is 1.82. The molecule has 2 amide bonds. The Hall–Kier alpha value is -2.90. The van der Waals surface area contributed by atoms with Crippen molar-refractivity contribution in [3.8, 4) is 0 Å². The van der Waals surface area contributed by atoms with Gasteiger partial charge < -0.3 is 14.5 Å². The fourth-order valence-corrected chi connectivity index (χ4v) is 3.27. The Labute approximate surface area is 165 Å². The van der Waals surface area contributed by atoms with Crippen LogP contribution in [0.15, 0.2) is 43.0 Å². The Morgan fingerprint density at radius 1 is 1.18 bits per heavy atom. The monoisotopic (exact) mass is 385 g/mol. The van der Waals surface area contributed by atoms with Crippen molar-refractivity contribution in [1.29, 1.82) is 0 Å². The largest absolute Gasteiger partial charge is 0.444 e. The average Bonchev–Trinajstić information content (AvgIpc) is 3.20. The van der Waals surface area contributed by atoms with Gasteiger partial charge in [-0.05, 0) is 33.3 Å². The first-order chi connectivity index (χ1) is 13.3. The van der Waals surface area contributed by atoms with Crippen LogP contribution in [0.3, 0.4) is 0 Å². The van der Waals surface area contributed by atoms with Gasteiger partial charge in [0.2, 0.25) is 5.91 Å². The van der Waals surface area contributed by atoms with Gasteiger partial charge in [0.05, 0.1) is 6.04 Å². The number of rotatable bonds is 3. The molecular weight excluding hydrogens is 358 g/mol. The van der Waals surface area contributed by atoms with E-state index in [4.69, 9.17) is 4.74 Å². The Morgan fingerprint density at radius 3 is 2.50 bits per heavy atom. The number of piperazine rings is 1. The van der Waals surface area contributed by atoms with E-state index in [1.165, 1.54) is 12.7 Å². The maximum absolute atomic E-state index is 13.2. The van der Waals surface area contributed by atoms with E-state index in [0.29, 0.717) is 19.6 Å². The molecular formula is C20H27N5O3. The van der Waals surface area contributed by atoms with Gasteiger partial charge in [-0.3, -0.25) is 4.79 Å². The lowest BCUT2D eigenvalue weighted by Crippen LogP contribution is -2.54. The van der Waals surface area contributed by atoms with Crippen molar-refractivity contribution in [3.63, 3.8) is 0 Å². The fraction of sp³-hybridized carbons (Fsp3) is 0.500. The summed E-state index contributed by atoms with van der Waals surface area (Å²) in [5.41, 5.74) is 0.420. The zero-order valence-electron chi connectivity index (χ0n) is 16.8. The van der Waals surface area contributed by atoms with Gasteiger partial charge in [0.25, 0.3) is 0 Å². The molecule has 0 saturated carbocycles. The number of ether oxygens (including phenoxy) is 1. The molecule has 1 aromatic carbocycles. The first-order valence-electron chi connectivity index (χ1n) is 9.44. The van der Waals surface area contributed by atoms with Crippen molar-refractivity contribution in [1.82, 2.24) is 24.6 Å². The Morgan fingerprint density at radius 2 is 1.89 bits per heavy atom. The number of benzene rings is 1. The van der Waals surface area contributed by atoms with Gasteiger partial charge >= 0.3 is 6.09 Å². The first kappa shape index (κ1) is 19.9. The second-order valence-electron chi connectivity index (χ2n) is 7.94. The van der Waals surface area contributed by atoms with E-state index in [2.05, 4.69) is 10.1 Å². The van der Waals surface area contributed by atoms with Gasteiger partial charge in [-0.25, -0.2) is 14.5 Å². The van der Waals surface area contributed by atoms with Crippen molar-refractivity contribution < 1.29 is 14.3 Å². The molecule has 2 unspecified atom stereocenters. The van der Waals surface area contributed by atoms with Gasteiger partial charge in [-0.15, -0.1) is 0 Å². The molecule has 2 atom stereocenters. The van der Waals surface area contributed by atoms with E-state index in [-0.39, 0.29) is 18.0 Å². The lowest BCUT2D eigenvalue weighted by molar-refractivity contribution is -0.139. The zero-order valence-corrected chi connectivity index (χ0v) is 16.8. The van der Waals surface area contributed by atoms with Crippen LogP contribution in [0.5, 0.6) is 0 Å². The lowest BCUT2D eigenvalue weighted by Gasteiger charge is -2.42. The molecule has 0 radical (unpaired) electrons. The molecule has 1 aliphatic heterocycles. The second kappa shape index (κ2) is 8.00. The first-order valence-corrected chi connectivity index (χ1v) is 9.44. The maximum Gasteiger partial charge on any atom is 0.410 e. The molecule has 1 aromatic heterocycles. The van der Waals surface area contributed by atoms with Crippen LogP contribution in [0.25, 0.3) is 0 Å². The van der Waals surface area contributed by atoms with Crippen LogP contribution in [0.2, 0.25) is 0 Å². The third-order valence-electron chi connectivity index (χ3n) is 4.69. The maximum atomic E-state index is 13.2. The third kappa shape index (κ3) is 4.49. The van der Waals surface area contributed by atoms with Crippen LogP contribution in [-0.2, 0) is 9.53 Å². The van der Waals surface area contributed by atoms with Crippen LogP contribution in [0.4, 0.5) is 4.79 Å². The van der Waals surface area contributed by atoms with Crippen LogP contribution in [0, 0.1) is 0 Å². The summed E-state index contributed by atoms with van der Waals surface area (Å²) in [6.45, 7) is 8.58. The summed E-state index contributed by atoms with van der Waals surface area (Å²) < 4.78 is 7.07. The van der Waals surface area contributed by atoms with Crippen molar-refractivity contribution in [2.75, 3.05) is 19.6 Å². The highest BCUT2D eigenvalue weighted by Crippen LogP contribution is 2.28. The van der Waals surface area contributed by atoms with Gasteiger partial charge in [-0.2, -0.15) is 5.10 Å². The van der Waals surface area contributed by atoms with E-state index in [1.54, 1.807) is 16.5 Å². The number of carbonyl (C=O) groups excluding carboxylic acids is 2. The van der Waals surface area contributed by atoms with Crippen molar-refractivity contribution in [3.05, 3.63) is 48.5 Å². The normalized spacial score (nSPS) is 18.6. The minimum absolute atomic E-state index is 0.0526. The van der Waals surface area contributed by atoms with Crippen LogP contribution < -0.4 is 0 Å². The SMILES string of the molecule is CC(C(=O)N1CCN(C(=O)OC(C)(C)C)CC1c1ccccc1)n1cncn1. The van der Waals surface area contributed by atoms with Crippen LogP contribution in [0.1, 0.15) is 45.3 Å². The van der Waals surface area contributed by atoms with Crippen LogP contribution in [-0.4, -0.2) is 61.8 Å². The van der Waals surface area contributed by atoms with Gasteiger partial charge in [0, 0.05) is 19.6 Å². The number of carbonyl (C=O) groups is 2. The third-order valence-corrected chi connectivity index (χ3v) is 4.69. The predicted molar refractivity (Wildman–Crippen MR) is 103 cm³/mol. The van der Waals surface area contributed by atoms with E-state index in [1.807, 2.05) is 56.0 Å². The van der Waals surface area contributed by atoms with E-state index in [0.717, 1.165) is 5.56 Å². The standard InChI is InChI=1S/C20H27N5O3/c1-15(25-14-21-13-22-25)18(26)24-11-10-23(19(27)28-20(2,3)4)12-17(24)16-8-6-5-7-9-16/h5-9,13-15,17H,10-12H2,1-4H3. The highest BCUT2D eigenvalue weighted by atomic mass is 16.6. The minimum atomic E-state index is -0.562. The highest BCUT2D eigenvalue weighted by Gasteiger charge is 2.37. The van der Waals surface area contributed by atoms with E-state index < -0.39 is 11.6 Å². The summed E-state index contributed by atoms with van der Waals surface area (Å²) in [7, 11) is 0. The highest BCUT2D eigenvalue weighted by molar-refractivity contribution is 5.81. The van der Waals surface area contributed by atoms with Crippen molar-refractivity contribution >= 4 is 12.0 Å². The molecule has 0 aliphatic carbocycles. The summed E-state index contributed by atoms with van der Waals surface area (Å²) in [6.07, 6.45) is 2.60.